The maximum atomic E-state index is 12.7. The Morgan fingerprint density at radius 1 is 0.906 bits per heavy atom. The Labute approximate surface area is 195 Å². The third-order valence-electron chi connectivity index (χ3n) is 4.80. The second-order valence-electron chi connectivity index (χ2n) is 7.44. The van der Waals surface area contributed by atoms with E-state index < -0.39 is 6.10 Å². The van der Waals surface area contributed by atoms with E-state index in [0.717, 1.165) is 21.8 Å². The average Bonchev–Trinajstić information content (AvgIpc) is 2.78. The number of carbonyl (C=O) groups is 1. The molecular formula is C25H31ClN2O4. The standard InChI is InChI=1S/C25H28N2O3.ClH.H2O/c1-27(17-22(28)19-30-23-15-9-4-10-16-23)18-24(29)26-25(20-11-5-2-6-12-20)21-13-7-3-8-14-21;;/h2-16,22,25,28H,17-19H2,1H3,(H,26,29);1H;1H2. The molecule has 0 aromatic heterocycles. The molecule has 0 saturated heterocycles. The lowest BCUT2D eigenvalue weighted by molar-refractivity contribution is -0.874. The van der Waals surface area contributed by atoms with E-state index >= 15 is 0 Å². The first-order valence-electron chi connectivity index (χ1n) is 10.2. The summed E-state index contributed by atoms with van der Waals surface area (Å²) in [4.78, 5) is 13.6. The molecule has 0 bridgehead atoms. The Morgan fingerprint density at radius 2 is 1.38 bits per heavy atom. The van der Waals surface area contributed by atoms with Crippen molar-refractivity contribution < 1.29 is 37.4 Å². The number of halogens is 1. The van der Waals surface area contributed by atoms with Crippen LogP contribution in [0.15, 0.2) is 91.0 Å². The smallest absolute Gasteiger partial charge is 0.275 e. The lowest BCUT2D eigenvalue weighted by atomic mass is 9.99. The number of para-hydroxylation sites is 1. The van der Waals surface area contributed by atoms with Crippen LogP contribution < -0.4 is 27.4 Å². The number of aliphatic hydroxyl groups excluding tert-OH is 1. The molecule has 0 spiro atoms. The van der Waals surface area contributed by atoms with Crippen LogP contribution in [-0.2, 0) is 4.79 Å². The predicted octanol–water partition coefficient (Wildman–Crippen LogP) is -1.97. The van der Waals surface area contributed by atoms with Crippen LogP contribution in [0, 0.1) is 0 Å². The van der Waals surface area contributed by atoms with Gasteiger partial charge in [0.25, 0.3) is 5.91 Å². The fourth-order valence-electron chi connectivity index (χ4n) is 3.38. The van der Waals surface area contributed by atoms with Crippen LogP contribution in [0.4, 0.5) is 0 Å². The van der Waals surface area contributed by atoms with Crippen LogP contribution >= 0.6 is 0 Å². The van der Waals surface area contributed by atoms with Crippen molar-refractivity contribution in [3.05, 3.63) is 102 Å². The van der Waals surface area contributed by atoms with Gasteiger partial charge in [0.1, 0.15) is 25.0 Å². The average molecular weight is 459 g/mol. The number of nitrogens with one attached hydrogen (secondary N) is 2. The zero-order chi connectivity index (χ0) is 21.2. The number of amides is 1. The highest BCUT2D eigenvalue weighted by Crippen LogP contribution is 2.21. The summed E-state index contributed by atoms with van der Waals surface area (Å²) in [5.41, 5.74) is 2.07. The molecule has 0 saturated carbocycles. The number of carbonyl (C=O) groups excluding carboxylic acids is 1. The van der Waals surface area contributed by atoms with Gasteiger partial charge in [0.05, 0.1) is 13.1 Å². The number of hydrogen-bond donors (Lipinski definition) is 3. The normalized spacial score (nSPS) is 12.1. The van der Waals surface area contributed by atoms with Crippen LogP contribution in [0.2, 0.25) is 0 Å². The van der Waals surface area contributed by atoms with Gasteiger partial charge in [0, 0.05) is 0 Å². The number of ether oxygens (including phenoxy) is 1. The Hall–Kier alpha value is -2.90. The van der Waals surface area contributed by atoms with Gasteiger partial charge in [-0.25, -0.2) is 0 Å². The lowest BCUT2D eigenvalue weighted by Crippen LogP contribution is -3.11. The van der Waals surface area contributed by atoms with E-state index in [1.807, 2.05) is 98.0 Å². The third-order valence-corrected chi connectivity index (χ3v) is 4.80. The van der Waals surface area contributed by atoms with Gasteiger partial charge in [-0.15, -0.1) is 0 Å². The molecule has 3 aromatic carbocycles. The lowest BCUT2D eigenvalue weighted by Gasteiger charge is -2.22. The van der Waals surface area contributed by atoms with E-state index in [4.69, 9.17) is 4.74 Å². The van der Waals surface area contributed by atoms with Gasteiger partial charge in [-0.2, -0.15) is 0 Å². The Morgan fingerprint density at radius 3 is 1.88 bits per heavy atom. The minimum Gasteiger partial charge on any atom is -1.00 e. The van der Waals surface area contributed by atoms with Gasteiger partial charge in [-0.05, 0) is 23.3 Å². The molecule has 6 nitrogen and oxygen atoms in total. The van der Waals surface area contributed by atoms with E-state index in [-0.39, 0.29) is 43.0 Å². The fraction of sp³-hybridized carbons (Fsp3) is 0.240. The summed E-state index contributed by atoms with van der Waals surface area (Å²) < 4.78 is 5.59. The summed E-state index contributed by atoms with van der Waals surface area (Å²) in [6, 6.07) is 29.0. The Balaban J connectivity index is 0.00000256. The monoisotopic (exact) mass is 458 g/mol. The summed E-state index contributed by atoms with van der Waals surface area (Å²) in [5, 5.41) is 13.4. The summed E-state index contributed by atoms with van der Waals surface area (Å²) in [6.45, 7) is 0.875. The molecule has 3 aromatic rings. The number of likely N-dealkylation sites (N-methyl/N-ethyl adjacent to an activating group) is 1. The van der Waals surface area contributed by atoms with E-state index in [0.29, 0.717) is 6.54 Å². The van der Waals surface area contributed by atoms with Crippen molar-refractivity contribution in [2.75, 3.05) is 26.7 Å². The molecule has 0 aliphatic heterocycles. The summed E-state index contributed by atoms with van der Waals surface area (Å²) in [7, 11) is 1.89. The maximum Gasteiger partial charge on any atom is 0.275 e. The van der Waals surface area contributed by atoms with Gasteiger partial charge in [-0.1, -0.05) is 78.9 Å². The van der Waals surface area contributed by atoms with Crippen molar-refractivity contribution in [1.82, 2.24) is 5.32 Å². The first-order chi connectivity index (χ1) is 14.6. The summed E-state index contributed by atoms with van der Waals surface area (Å²) in [6.07, 6.45) is -0.656. The molecule has 3 rings (SSSR count). The van der Waals surface area contributed by atoms with Crippen LogP contribution in [0.5, 0.6) is 5.75 Å². The van der Waals surface area contributed by atoms with E-state index in [1.165, 1.54) is 0 Å². The number of aliphatic hydroxyl groups is 1. The molecule has 0 fully saturated rings. The van der Waals surface area contributed by atoms with Gasteiger partial charge >= 0.3 is 0 Å². The fourth-order valence-corrected chi connectivity index (χ4v) is 3.38. The van der Waals surface area contributed by atoms with Crippen LogP contribution in [0.1, 0.15) is 17.2 Å². The van der Waals surface area contributed by atoms with Crippen LogP contribution in [0.3, 0.4) is 0 Å². The molecule has 172 valence electrons. The van der Waals surface area contributed by atoms with E-state index in [1.54, 1.807) is 0 Å². The van der Waals surface area contributed by atoms with Crippen molar-refractivity contribution >= 4 is 5.91 Å². The molecule has 2 atom stereocenters. The highest BCUT2D eigenvalue weighted by Gasteiger charge is 2.20. The molecule has 0 aliphatic rings. The first kappa shape index (κ1) is 27.1. The van der Waals surface area contributed by atoms with E-state index in [9.17, 15) is 9.90 Å². The largest absolute Gasteiger partial charge is 1.00 e. The predicted molar refractivity (Wildman–Crippen MR) is 121 cm³/mol. The van der Waals surface area contributed by atoms with Crippen LogP contribution in [0.25, 0.3) is 0 Å². The second-order valence-corrected chi connectivity index (χ2v) is 7.44. The van der Waals surface area contributed by atoms with Crippen molar-refractivity contribution in [3.63, 3.8) is 0 Å². The number of quaternary nitrogens is 1. The topological polar surface area (TPSA) is 94.5 Å². The molecule has 0 heterocycles. The molecule has 2 unspecified atom stereocenters. The molecule has 5 N–H and O–H groups in total. The minimum atomic E-state index is -0.656. The summed E-state index contributed by atoms with van der Waals surface area (Å²) >= 11 is 0. The molecule has 1 amide bonds. The zero-order valence-electron chi connectivity index (χ0n) is 18.1. The Bertz CT molecular complexity index is 858. The van der Waals surface area contributed by atoms with Crippen molar-refractivity contribution in [2.24, 2.45) is 0 Å². The van der Waals surface area contributed by atoms with Gasteiger partial charge in [0.15, 0.2) is 6.54 Å². The first-order valence-corrected chi connectivity index (χ1v) is 10.2. The quantitative estimate of drug-likeness (QED) is 0.329. The van der Waals surface area contributed by atoms with Crippen molar-refractivity contribution in [3.8, 4) is 5.75 Å². The molecule has 0 aliphatic carbocycles. The number of rotatable bonds is 10. The Kier molecular flexibility index (Phi) is 12.1. The van der Waals surface area contributed by atoms with Crippen molar-refractivity contribution in [2.45, 2.75) is 12.1 Å². The van der Waals surface area contributed by atoms with Crippen LogP contribution in [-0.4, -0.2) is 49.3 Å². The highest BCUT2D eigenvalue weighted by atomic mass is 35.5. The molecule has 32 heavy (non-hydrogen) atoms. The molecular weight excluding hydrogens is 428 g/mol. The summed E-state index contributed by atoms with van der Waals surface area (Å²) in [5.74, 6) is 0.655. The van der Waals surface area contributed by atoms with E-state index in [2.05, 4.69) is 5.32 Å². The SMILES string of the molecule is C[NH+](CC(=O)NC(c1ccccc1)c1ccccc1)CC(O)COc1ccccc1.O.[Cl-]. The van der Waals surface area contributed by atoms with Crippen molar-refractivity contribution in [1.29, 1.82) is 0 Å². The number of hydrogen-bond acceptors (Lipinski definition) is 3. The highest BCUT2D eigenvalue weighted by molar-refractivity contribution is 5.77. The second kappa shape index (κ2) is 14.2. The zero-order valence-corrected chi connectivity index (χ0v) is 18.8. The molecule has 7 heteroatoms. The maximum absolute atomic E-state index is 12.7. The third kappa shape index (κ3) is 8.69. The van der Waals surface area contributed by atoms with Gasteiger partial charge in [-0.3, -0.25) is 4.79 Å². The molecule has 0 radical (unpaired) electrons. The van der Waals surface area contributed by atoms with Gasteiger partial charge < -0.3 is 37.9 Å². The minimum absolute atomic E-state index is 0. The number of benzene rings is 3. The van der Waals surface area contributed by atoms with Gasteiger partial charge in [0.2, 0.25) is 0 Å².